The Labute approximate surface area is 110 Å². The minimum absolute atomic E-state index is 0.0612. The first-order chi connectivity index (χ1) is 8.34. The number of likely N-dealkylation sites (N-methyl/N-ethyl adjacent to an activating group) is 1. The average molecular weight is 258 g/mol. The second kappa shape index (κ2) is 6.50. The Hall–Kier alpha value is -0.650. The molecule has 1 N–H and O–H groups in total. The molecule has 1 aliphatic heterocycles. The molecule has 1 fully saturated rings. The van der Waals surface area contributed by atoms with E-state index < -0.39 is 5.97 Å². The maximum absolute atomic E-state index is 11.0. The van der Waals surface area contributed by atoms with Crippen molar-refractivity contribution in [3.8, 4) is 0 Å². The summed E-state index contributed by atoms with van der Waals surface area (Å²) in [6.07, 6.45) is 0.940. The molecule has 0 spiro atoms. The summed E-state index contributed by atoms with van der Waals surface area (Å²) >= 11 is 0. The Bertz CT molecular complexity index is 273. The lowest BCUT2D eigenvalue weighted by atomic mass is 9.95. The van der Waals surface area contributed by atoms with Gasteiger partial charge >= 0.3 is 5.97 Å². The van der Waals surface area contributed by atoms with Gasteiger partial charge in [-0.15, -0.1) is 0 Å². The predicted octanol–water partition coefficient (Wildman–Crippen LogP) is 0.892. The van der Waals surface area contributed by atoms with Crippen molar-refractivity contribution in [1.82, 2.24) is 9.80 Å². The van der Waals surface area contributed by atoms with Crippen LogP contribution >= 0.6 is 0 Å². The van der Waals surface area contributed by atoms with E-state index in [1.165, 1.54) is 0 Å². The van der Waals surface area contributed by atoms with Gasteiger partial charge in [0, 0.05) is 39.3 Å². The van der Waals surface area contributed by atoms with Crippen molar-refractivity contribution >= 4 is 5.97 Å². The van der Waals surface area contributed by atoms with Crippen LogP contribution in [0.5, 0.6) is 0 Å². The molecule has 0 saturated carbocycles. The third kappa shape index (κ3) is 4.92. The number of rotatable bonds is 6. The van der Waals surface area contributed by atoms with Gasteiger partial charge in [0.1, 0.15) is 0 Å². The molecule has 1 unspecified atom stereocenters. The van der Waals surface area contributed by atoms with Crippen LogP contribution in [-0.4, -0.2) is 72.9 Å². The van der Waals surface area contributed by atoms with Crippen molar-refractivity contribution in [2.75, 3.05) is 40.3 Å². The van der Waals surface area contributed by atoms with Crippen molar-refractivity contribution in [3.05, 3.63) is 0 Å². The molecule has 0 aromatic rings. The summed E-state index contributed by atoms with van der Waals surface area (Å²) in [7, 11) is 3.78. The summed E-state index contributed by atoms with van der Waals surface area (Å²) in [5.41, 5.74) is -0.274. The lowest BCUT2D eigenvalue weighted by Crippen LogP contribution is -2.51. The molecule has 1 heterocycles. The van der Waals surface area contributed by atoms with E-state index in [0.29, 0.717) is 0 Å². The molecule has 0 aliphatic carbocycles. The van der Waals surface area contributed by atoms with E-state index in [0.717, 1.165) is 32.6 Å². The SMILES string of the molecule is COC(C)(C)CC(CC(=O)O)N1CCN(C)CC1. The summed E-state index contributed by atoms with van der Waals surface area (Å²) < 4.78 is 5.43. The highest BCUT2D eigenvalue weighted by Crippen LogP contribution is 2.22. The largest absolute Gasteiger partial charge is 0.481 e. The number of carboxylic acids is 1. The molecule has 0 radical (unpaired) electrons. The lowest BCUT2D eigenvalue weighted by Gasteiger charge is -2.40. The first-order valence-corrected chi connectivity index (χ1v) is 6.53. The van der Waals surface area contributed by atoms with Gasteiger partial charge in [0.2, 0.25) is 0 Å². The standard InChI is InChI=1S/C13H26N2O3/c1-13(2,18-4)10-11(9-12(16)17)15-7-5-14(3)6-8-15/h11H,5-10H2,1-4H3,(H,16,17). The van der Waals surface area contributed by atoms with Gasteiger partial charge in [0.15, 0.2) is 0 Å². The molecule has 1 aliphatic rings. The second-order valence-corrected chi connectivity index (χ2v) is 5.76. The van der Waals surface area contributed by atoms with Crippen molar-refractivity contribution in [1.29, 1.82) is 0 Å². The number of carbonyl (C=O) groups is 1. The van der Waals surface area contributed by atoms with E-state index in [1.54, 1.807) is 7.11 Å². The smallest absolute Gasteiger partial charge is 0.304 e. The van der Waals surface area contributed by atoms with Crippen molar-refractivity contribution in [2.24, 2.45) is 0 Å². The zero-order valence-electron chi connectivity index (χ0n) is 12.0. The molecule has 1 rings (SSSR count). The third-order valence-electron chi connectivity index (χ3n) is 3.74. The molecular formula is C13H26N2O3. The Morgan fingerprint density at radius 3 is 2.33 bits per heavy atom. The zero-order chi connectivity index (χ0) is 13.8. The van der Waals surface area contributed by atoms with E-state index in [-0.39, 0.29) is 18.1 Å². The van der Waals surface area contributed by atoms with Crippen molar-refractivity contribution < 1.29 is 14.6 Å². The van der Waals surface area contributed by atoms with Crippen LogP contribution in [-0.2, 0) is 9.53 Å². The van der Waals surface area contributed by atoms with Gasteiger partial charge in [-0.05, 0) is 27.3 Å². The molecule has 106 valence electrons. The molecule has 0 aromatic carbocycles. The van der Waals surface area contributed by atoms with Gasteiger partial charge in [0.05, 0.1) is 12.0 Å². The van der Waals surface area contributed by atoms with Gasteiger partial charge < -0.3 is 14.7 Å². The topological polar surface area (TPSA) is 53.0 Å². The maximum atomic E-state index is 11.0. The highest BCUT2D eigenvalue weighted by molar-refractivity contribution is 5.67. The number of nitrogens with zero attached hydrogens (tertiary/aromatic N) is 2. The first-order valence-electron chi connectivity index (χ1n) is 6.53. The molecule has 1 saturated heterocycles. The number of ether oxygens (including phenoxy) is 1. The van der Waals surface area contributed by atoms with Gasteiger partial charge in [-0.2, -0.15) is 0 Å². The molecule has 18 heavy (non-hydrogen) atoms. The fraction of sp³-hybridized carbons (Fsp3) is 0.923. The van der Waals surface area contributed by atoms with Crippen LogP contribution in [0.25, 0.3) is 0 Å². The highest BCUT2D eigenvalue weighted by Gasteiger charge is 2.30. The number of aliphatic carboxylic acids is 1. The second-order valence-electron chi connectivity index (χ2n) is 5.76. The summed E-state index contributed by atoms with van der Waals surface area (Å²) in [4.78, 5) is 15.6. The summed E-state index contributed by atoms with van der Waals surface area (Å²) in [5.74, 6) is -0.731. The fourth-order valence-electron chi connectivity index (χ4n) is 2.37. The van der Waals surface area contributed by atoms with Crippen LogP contribution in [0.4, 0.5) is 0 Å². The van der Waals surface area contributed by atoms with Crippen LogP contribution in [0.3, 0.4) is 0 Å². The van der Waals surface area contributed by atoms with E-state index in [9.17, 15) is 4.79 Å². The van der Waals surface area contributed by atoms with Gasteiger partial charge in [-0.25, -0.2) is 0 Å². The monoisotopic (exact) mass is 258 g/mol. The number of piperazine rings is 1. The van der Waals surface area contributed by atoms with Crippen LogP contribution in [0.2, 0.25) is 0 Å². The number of hydrogen-bond donors (Lipinski definition) is 1. The van der Waals surface area contributed by atoms with Gasteiger partial charge in [-0.3, -0.25) is 9.69 Å². The first kappa shape index (κ1) is 15.4. The fourth-order valence-corrected chi connectivity index (χ4v) is 2.37. The Morgan fingerprint density at radius 2 is 1.89 bits per heavy atom. The maximum Gasteiger partial charge on any atom is 0.304 e. The molecule has 0 aromatic heterocycles. The van der Waals surface area contributed by atoms with Crippen LogP contribution in [0.1, 0.15) is 26.7 Å². The quantitative estimate of drug-likeness (QED) is 0.767. The van der Waals surface area contributed by atoms with Crippen molar-refractivity contribution in [2.45, 2.75) is 38.3 Å². The Kier molecular flexibility index (Phi) is 5.56. The Balaban J connectivity index is 2.63. The van der Waals surface area contributed by atoms with E-state index in [1.807, 2.05) is 13.8 Å². The minimum Gasteiger partial charge on any atom is -0.481 e. The molecular weight excluding hydrogens is 232 g/mol. The minimum atomic E-state index is -0.731. The van der Waals surface area contributed by atoms with E-state index in [4.69, 9.17) is 9.84 Å². The third-order valence-corrected chi connectivity index (χ3v) is 3.74. The molecule has 1 atom stereocenters. The summed E-state index contributed by atoms with van der Waals surface area (Å²) in [6, 6.07) is 0.0612. The van der Waals surface area contributed by atoms with Crippen molar-refractivity contribution in [3.63, 3.8) is 0 Å². The molecule has 0 bridgehead atoms. The highest BCUT2D eigenvalue weighted by atomic mass is 16.5. The van der Waals surface area contributed by atoms with Crippen LogP contribution in [0.15, 0.2) is 0 Å². The number of methoxy groups -OCH3 is 1. The number of carboxylic acid groups (broad SMARTS) is 1. The summed E-state index contributed by atoms with van der Waals surface area (Å²) in [5, 5.41) is 9.06. The average Bonchev–Trinajstić information content (AvgIpc) is 2.28. The zero-order valence-corrected chi connectivity index (χ0v) is 12.0. The normalized spacial score (nSPS) is 20.9. The van der Waals surface area contributed by atoms with E-state index >= 15 is 0 Å². The Morgan fingerprint density at radius 1 is 1.33 bits per heavy atom. The van der Waals surface area contributed by atoms with E-state index in [2.05, 4.69) is 16.8 Å². The molecule has 5 heteroatoms. The summed E-state index contributed by atoms with van der Waals surface area (Å²) in [6.45, 7) is 7.91. The van der Waals surface area contributed by atoms with Gasteiger partial charge in [0.25, 0.3) is 0 Å². The van der Waals surface area contributed by atoms with Crippen LogP contribution in [0, 0.1) is 0 Å². The number of hydrogen-bond acceptors (Lipinski definition) is 4. The molecule has 5 nitrogen and oxygen atoms in total. The van der Waals surface area contributed by atoms with Gasteiger partial charge in [-0.1, -0.05) is 0 Å². The predicted molar refractivity (Wildman–Crippen MR) is 70.8 cm³/mol. The molecule has 0 amide bonds. The van der Waals surface area contributed by atoms with Crippen LogP contribution < -0.4 is 0 Å². The lowest BCUT2D eigenvalue weighted by molar-refractivity contribution is -0.139.